The number of rotatable bonds is 5. The quantitative estimate of drug-likeness (QED) is 0.870. The number of carbonyl (C=O) groups is 1. The van der Waals surface area contributed by atoms with Crippen LogP contribution in [-0.4, -0.2) is 25.0 Å². The number of amides is 1. The molecule has 1 aromatic heterocycles. The molecule has 2 heterocycles. The molecule has 2 rings (SSSR count). The smallest absolute Gasteiger partial charge is 0.228 e. The number of hydrogen-bond donors (Lipinski definition) is 2. The van der Waals surface area contributed by atoms with E-state index in [-0.39, 0.29) is 17.4 Å². The molecule has 0 radical (unpaired) electrons. The van der Waals surface area contributed by atoms with Crippen LogP contribution in [-0.2, 0) is 11.2 Å². The van der Waals surface area contributed by atoms with Crippen molar-refractivity contribution in [2.24, 2.45) is 11.3 Å². The molecule has 0 saturated carbocycles. The van der Waals surface area contributed by atoms with E-state index in [4.69, 9.17) is 0 Å². The van der Waals surface area contributed by atoms with Gasteiger partial charge in [0.1, 0.15) is 0 Å². The summed E-state index contributed by atoms with van der Waals surface area (Å²) < 4.78 is 0. The van der Waals surface area contributed by atoms with Gasteiger partial charge in [-0.1, -0.05) is 19.9 Å². The minimum absolute atomic E-state index is 0.197. The van der Waals surface area contributed by atoms with Crippen molar-refractivity contribution < 1.29 is 4.79 Å². The fraction of sp³-hybridized carbons (Fsp3) is 0.667. The Morgan fingerprint density at radius 2 is 2.32 bits per heavy atom. The summed E-state index contributed by atoms with van der Waals surface area (Å²) in [7, 11) is 0. The maximum atomic E-state index is 12.6. The Morgan fingerprint density at radius 3 is 2.84 bits per heavy atom. The average molecular weight is 280 g/mol. The van der Waals surface area contributed by atoms with E-state index in [9.17, 15) is 4.79 Å². The fourth-order valence-corrected chi connectivity index (χ4v) is 3.64. The van der Waals surface area contributed by atoms with Crippen LogP contribution in [0.25, 0.3) is 0 Å². The van der Waals surface area contributed by atoms with E-state index >= 15 is 0 Å². The van der Waals surface area contributed by atoms with Crippen molar-refractivity contribution in [3.63, 3.8) is 0 Å². The summed E-state index contributed by atoms with van der Waals surface area (Å²) in [5.74, 6) is 0.591. The van der Waals surface area contributed by atoms with Crippen molar-refractivity contribution in [2.75, 3.05) is 13.1 Å². The molecule has 1 fully saturated rings. The van der Waals surface area contributed by atoms with Gasteiger partial charge in [-0.2, -0.15) is 0 Å². The van der Waals surface area contributed by atoms with Gasteiger partial charge in [0.05, 0.1) is 5.41 Å². The lowest BCUT2D eigenvalue weighted by molar-refractivity contribution is -0.133. The molecule has 1 amide bonds. The van der Waals surface area contributed by atoms with Crippen molar-refractivity contribution in [2.45, 2.75) is 39.7 Å². The third-order valence-electron chi connectivity index (χ3n) is 4.21. The lowest BCUT2D eigenvalue weighted by atomic mass is 9.75. The molecule has 1 aromatic rings. The zero-order valence-corrected chi connectivity index (χ0v) is 12.8. The molecule has 2 unspecified atom stereocenters. The van der Waals surface area contributed by atoms with E-state index in [1.54, 1.807) is 11.3 Å². The SMILES string of the molecule is CC(Cc1cccs1)NC(=O)C1(C(C)C)CCNC1. The summed E-state index contributed by atoms with van der Waals surface area (Å²) in [5.41, 5.74) is -0.219. The molecule has 1 aliphatic heterocycles. The Balaban J connectivity index is 1.95. The van der Waals surface area contributed by atoms with Gasteiger partial charge < -0.3 is 10.6 Å². The fourth-order valence-electron chi connectivity index (χ4n) is 2.81. The van der Waals surface area contributed by atoms with Crippen LogP contribution in [0.4, 0.5) is 0 Å². The molecule has 1 saturated heterocycles. The van der Waals surface area contributed by atoms with E-state index in [0.717, 1.165) is 25.9 Å². The predicted octanol–water partition coefficient (Wildman–Crippen LogP) is 2.43. The van der Waals surface area contributed by atoms with Gasteiger partial charge >= 0.3 is 0 Å². The molecule has 2 N–H and O–H groups in total. The minimum atomic E-state index is -0.219. The van der Waals surface area contributed by atoms with Crippen LogP contribution in [0, 0.1) is 11.3 Å². The Hall–Kier alpha value is -0.870. The van der Waals surface area contributed by atoms with E-state index in [2.05, 4.69) is 48.9 Å². The molecule has 106 valence electrons. The molecule has 0 spiro atoms. The highest BCUT2D eigenvalue weighted by molar-refractivity contribution is 7.09. The van der Waals surface area contributed by atoms with Crippen molar-refractivity contribution in [3.05, 3.63) is 22.4 Å². The van der Waals surface area contributed by atoms with Gasteiger partial charge in [0.25, 0.3) is 0 Å². The monoisotopic (exact) mass is 280 g/mol. The van der Waals surface area contributed by atoms with Crippen LogP contribution in [0.2, 0.25) is 0 Å². The summed E-state index contributed by atoms with van der Waals surface area (Å²) in [4.78, 5) is 13.9. The first-order chi connectivity index (χ1) is 9.04. The molecule has 19 heavy (non-hydrogen) atoms. The molecule has 0 aromatic carbocycles. The summed E-state index contributed by atoms with van der Waals surface area (Å²) in [6.07, 6.45) is 1.87. The number of thiophene rings is 1. The normalized spacial score (nSPS) is 24.6. The first-order valence-electron chi connectivity index (χ1n) is 7.08. The van der Waals surface area contributed by atoms with Crippen LogP contribution < -0.4 is 10.6 Å². The van der Waals surface area contributed by atoms with Gasteiger partial charge in [-0.3, -0.25) is 4.79 Å². The molecule has 2 atom stereocenters. The Kier molecular flexibility index (Phi) is 4.63. The maximum absolute atomic E-state index is 12.6. The van der Waals surface area contributed by atoms with Crippen LogP contribution in [0.1, 0.15) is 32.1 Å². The molecular formula is C15H24N2OS. The lowest BCUT2D eigenvalue weighted by Gasteiger charge is -2.32. The van der Waals surface area contributed by atoms with E-state index in [1.807, 2.05) is 0 Å². The van der Waals surface area contributed by atoms with Gasteiger partial charge in [-0.25, -0.2) is 0 Å². The Labute approximate surface area is 119 Å². The number of hydrogen-bond acceptors (Lipinski definition) is 3. The summed E-state index contributed by atoms with van der Waals surface area (Å²) in [6.45, 7) is 8.15. The number of nitrogens with one attached hydrogen (secondary N) is 2. The van der Waals surface area contributed by atoms with Crippen LogP contribution in [0.15, 0.2) is 17.5 Å². The van der Waals surface area contributed by atoms with Crippen molar-refractivity contribution in [1.29, 1.82) is 0 Å². The average Bonchev–Trinajstić information content (AvgIpc) is 2.98. The third kappa shape index (κ3) is 3.18. The van der Waals surface area contributed by atoms with Crippen LogP contribution in [0.5, 0.6) is 0 Å². The Bertz CT molecular complexity index is 408. The number of carbonyl (C=O) groups excluding carboxylic acids is 1. The summed E-state index contributed by atoms with van der Waals surface area (Å²) in [5, 5.41) is 8.63. The van der Waals surface area contributed by atoms with Crippen LogP contribution in [0.3, 0.4) is 0 Å². The summed E-state index contributed by atoms with van der Waals surface area (Å²) >= 11 is 1.75. The van der Waals surface area contributed by atoms with E-state index < -0.39 is 0 Å². The van der Waals surface area contributed by atoms with Crippen molar-refractivity contribution >= 4 is 17.2 Å². The molecule has 4 heteroatoms. The molecule has 1 aliphatic rings. The Morgan fingerprint density at radius 1 is 1.53 bits per heavy atom. The highest BCUT2D eigenvalue weighted by Gasteiger charge is 2.44. The first kappa shape index (κ1) is 14.5. The standard InChI is InChI=1S/C15H24N2OS/c1-11(2)15(6-7-16-10-15)14(18)17-12(3)9-13-5-4-8-19-13/h4-5,8,11-12,16H,6-7,9-10H2,1-3H3,(H,17,18). The molecule has 3 nitrogen and oxygen atoms in total. The highest BCUT2D eigenvalue weighted by atomic mass is 32.1. The van der Waals surface area contributed by atoms with Gasteiger partial charge in [-0.05, 0) is 37.3 Å². The topological polar surface area (TPSA) is 41.1 Å². The second-order valence-corrected chi connectivity index (χ2v) is 6.93. The second-order valence-electron chi connectivity index (χ2n) is 5.90. The third-order valence-corrected chi connectivity index (χ3v) is 5.11. The molecular weight excluding hydrogens is 256 g/mol. The maximum Gasteiger partial charge on any atom is 0.228 e. The zero-order chi connectivity index (χ0) is 13.9. The predicted molar refractivity (Wildman–Crippen MR) is 80.4 cm³/mol. The zero-order valence-electron chi connectivity index (χ0n) is 12.0. The second kappa shape index (κ2) is 6.06. The van der Waals surface area contributed by atoms with E-state index in [1.165, 1.54) is 4.88 Å². The molecule has 0 aliphatic carbocycles. The van der Waals surface area contributed by atoms with E-state index in [0.29, 0.717) is 5.92 Å². The van der Waals surface area contributed by atoms with Crippen LogP contribution >= 0.6 is 11.3 Å². The van der Waals surface area contributed by atoms with Gasteiger partial charge in [-0.15, -0.1) is 11.3 Å². The summed E-state index contributed by atoms with van der Waals surface area (Å²) in [6, 6.07) is 4.38. The largest absolute Gasteiger partial charge is 0.353 e. The minimum Gasteiger partial charge on any atom is -0.353 e. The van der Waals surface area contributed by atoms with Gasteiger partial charge in [0.2, 0.25) is 5.91 Å². The molecule has 0 bridgehead atoms. The van der Waals surface area contributed by atoms with Gasteiger partial charge in [0, 0.05) is 23.9 Å². The highest BCUT2D eigenvalue weighted by Crippen LogP contribution is 2.34. The van der Waals surface area contributed by atoms with Gasteiger partial charge in [0.15, 0.2) is 0 Å². The first-order valence-corrected chi connectivity index (χ1v) is 7.96. The lowest BCUT2D eigenvalue weighted by Crippen LogP contribution is -2.49. The van der Waals surface area contributed by atoms with Crippen molar-refractivity contribution in [1.82, 2.24) is 10.6 Å². The van der Waals surface area contributed by atoms with Crippen molar-refractivity contribution in [3.8, 4) is 0 Å².